The molecule has 0 heterocycles. The van der Waals surface area contributed by atoms with Crippen LogP contribution < -0.4 is 0 Å². The third kappa shape index (κ3) is 10.8. The Labute approximate surface area is 178 Å². The molecule has 9 heteroatoms. The molecule has 0 spiro atoms. The molecule has 0 N–H and O–H groups in total. The first-order valence-corrected chi connectivity index (χ1v) is 9.69. The Morgan fingerprint density at radius 2 is 1.40 bits per heavy atom. The highest BCUT2D eigenvalue weighted by Crippen LogP contribution is 2.18. The van der Waals surface area contributed by atoms with Crippen LogP contribution in [0, 0.1) is 5.92 Å². The fraction of sp³-hybridized carbons (Fsp3) is 0.714. The molecular formula is C21H35NO8. The quantitative estimate of drug-likeness (QED) is 0.356. The summed E-state index contributed by atoms with van der Waals surface area (Å²) in [5.41, 5.74) is -1.71. The van der Waals surface area contributed by atoms with Crippen molar-refractivity contribution in [1.29, 1.82) is 0 Å². The maximum absolute atomic E-state index is 13.2. The van der Waals surface area contributed by atoms with Crippen LogP contribution in [0.1, 0.15) is 62.3 Å². The molecule has 0 rings (SSSR count). The number of esters is 1. The van der Waals surface area contributed by atoms with E-state index in [4.69, 9.17) is 14.2 Å². The number of amides is 2. The van der Waals surface area contributed by atoms with E-state index in [0.29, 0.717) is 4.90 Å². The zero-order chi connectivity index (χ0) is 23.9. The summed E-state index contributed by atoms with van der Waals surface area (Å²) in [4.78, 5) is 50.4. The summed E-state index contributed by atoms with van der Waals surface area (Å²) < 4.78 is 20.0. The van der Waals surface area contributed by atoms with Crippen LogP contribution in [0.25, 0.3) is 0 Å². The number of hydrogen-bond donors (Lipinski definition) is 0. The third-order valence-electron chi connectivity index (χ3n) is 3.20. The van der Waals surface area contributed by atoms with E-state index >= 15 is 0 Å². The fourth-order valence-electron chi connectivity index (χ4n) is 2.19. The molecule has 0 radical (unpaired) electrons. The van der Waals surface area contributed by atoms with E-state index in [1.165, 1.54) is 6.92 Å². The summed E-state index contributed by atoms with van der Waals surface area (Å²) in [6, 6.07) is 0. The van der Waals surface area contributed by atoms with Crippen LogP contribution in [0.2, 0.25) is 0 Å². The standard InChI is InChI=1S/C21H35NO8/c1-13(2)11-15(14(3)28-19(26)27-10)17(24)22(18(25)30-21(7,8)9)12-16(23)29-20(4,5)6/h11,13-14H,12H2,1-10H3/b15-11-. The average Bonchev–Trinajstić information content (AvgIpc) is 2.53. The topological polar surface area (TPSA) is 108 Å². The van der Waals surface area contributed by atoms with Crippen LogP contribution in [0.4, 0.5) is 9.59 Å². The normalized spacial score (nSPS) is 13.4. The lowest BCUT2D eigenvalue weighted by Crippen LogP contribution is -2.47. The predicted octanol–water partition coefficient (Wildman–Crippen LogP) is 3.85. The maximum Gasteiger partial charge on any atom is 0.508 e. The molecule has 1 unspecified atom stereocenters. The number of rotatable bonds is 6. The van der Waals surface area contributed by atoms with Crippen LogP contribution in [-0.4, -0.2) is 60.0 Å². The van der Waals surface area contributed by atoms with Crippen LogP contribution >= 0.6 is 0 Å². The molecular weight excluding hydrogens is 394 g/mol. The van der Waals surface area contributed by atoms with Gasteiger partial charge in [-0.1, -0.05) is 19.9 Å². The lowest BCUT2D eigenvalue weighted by Gasteiger charge is -2.28. The highest BCUT2D eigenvalue weighted by molar-refractivity contribution is 6.05. The van der Waals surface area contributed by atoms with Crippen LogP contribution in [0.15, 0.2) is 11.6 Å². The van der Waals surface area contributed by atoms with Crippen molar-refractivity contribution >= 4 is 24.1 Å². The molecule has 0 aromatic heterocycles. The van der Waals surface area contributed by atoms with Crippen LogP contribution in [0.3, 0.4) is 0 Å². The van der Waals surface area contributed by atoms with E-state index in [-0.39, 0.29) is 11.5 Å². The summed E-state index contributed by atoms with van der Waals surface area (Å²) in [7, 11) is 1.14. The third-order valence-corrected chi connectivity index (χ3v) is 3.20. The van der Waals surface area contributed by atoms with Gasteiger partial charge in [-0.15, -0.1) is 0 Å². The van der Waals surface area contributed by atoms with E-state index in [1.807, 2.05) is 13.8 Å². The minimum absolute atomic E-state index is 0.00446. The van der Waals surface area contributed by atoms with Gasteiger partial charge in [-0.25, -0.2) is 14.5 Å². The Kier molecular flexibility index (Phi) is 10.0. The number of carbonyl (C=O) groups excluding carboxylic acids is 4. The maximum atomic E-state index is 13.2. The zero-order valence-corrected chi connectivity index (χ0v) is 19.7. The van der Waals surface area contributed by atoms with Crippen molar-refractivity contribution in [3.63, 3.8) is 0 Å². The van der Waals surface area contributed by atoms with Crippen molar-refractivity contribution < 1.29 is 38.1 Å². The Balaban J connectivity index is 5.99. The van der Waals surface area contributed by atoms with Gasteiger partial charge < -0.3 is 18.9 Å². The zero-order valence-electron chi connectivity index (χ0n) is 19.7. The predicted molar refractivity (Wildman–Crippen MR) is 110 cm³/mol. The van der Waals surface area contributed by atoms with Crippen molar-refractivity contribution in [2.24, 2.45) is 5.92 Å². The first-order valence-electron chi connectivity index (χ1n) is 9.69. The average molecular weight is 430 g/mol. The second-order valence-electron chi connectivity index (χ2n) is 9.04. The van der Waals surface area contributed by atoms with Crippen LogP contribution in [0.5, 0.6) is 0 Å². The number of carbonyl (C=O) groups is 4. The number of ether oxygens (including phenoxy) is 4. The monoisotopic (exact) mass is 429 g/mol. The van der Waals surface area contributed by atoms with Gasteiger partial charge >= 0.3 is 18.2 Å². The molecule has 0 aliphatic heterocycles. The van der Waals surface area contributed by atoms with E-state index in [9.17, 15) is 19.2 Å². The van der Waals surface area contributed by atoms with Gasteiger partial charge in [0.2, 0.25) is 0 Å². The minimum atomic E-state index is -1.03. The van der Waals surface area contributed by atoms with Crippen LogP contribution in [-0.2, 0) is 28.5 Å². The molecule has 0 fully saturated rings. The van der Waals surface area contributed by atoms with E-state index in [1.54, 1.807) is 47.6 Å². The van der Waals surface area contributed by atoms with Gasteiger partial charge in [0.25, 0.3) is 5.91 Å². The van der Waals surface area contributed by atoms with Gasteiger partial charge in [0.15, 0.2) is 0 Å². The van der Waals surface area contributed by atoms with Gasteiger partial charge in [-0.05, 0) is 54.4 Å². The largest absolute Gasteiger partial charge is 0.508 e. The van der Waals surface area contributed by atoms with E-state index in [0.717, 1.165) is 7.11 Å². The molecule has 0 aliphatic carbocycles. The summed E-state index contributed by atoms with van der Waals surface area (Å²) in [6.07, 6.45) is -1.49. The summed E-state index contributed by atoms with van der Waals surface area (Å²) in [5, 5.41) is 0. The van der Waals surface area contributed by atoms with E-state index in [2.05, 4.69) is 4.74 Å². The number of allylic oxidation sites excluding steroid dienone is 1. The lowest BCUT2D eigenvalue weighted by atomic mass is 10.0. The molecule has 9 nitrogen and oxygen atoms in total. The van der Waals surface area contributed by atoms with Gasteiger partial charge in [-0.2, -0.15) is 0 Å². The van der Waals surface area contributed by atoms with E-state index < -0.39 is 48.0 Å². The minimum Gasteiger partial charge on any atom is -0.459 e. The number of imide groups is 1. The fourth-order valence-corrected chi connectivity index (χ4v) is 2.19. The highest BCUT2D eigenvalue weighted by atomic mass is 16.7. The molecule has 0 aliphatic rings. The van der Waals surface area contributed by atoms with Crippen molar-refractivity contribution in [2.45, 2.75) is 79.6 Å². The molecule has 1 atom stereocenters. The summed E-state index contributed by atoms with van der Waals surface area (Å²) >= 11 is 0. The smallest absolute Gasteiger partial charge is 0.459 e. The summed E-state index contributed by atoms with van der Waals surface area (Å²) in [6.45, 7) is 14.3. The Hall–Kier alpha value is -2.58. The van der Waals surface area contributed by atoms with Crippen molar-refractivity contribution in [3.8, 4) is 0 Å². The van der Waals surface area contributed by atoms with Crippen molar-refractivity contribution in [1.82, 2.24) is 4.90 Å². The van der Waals surface area contributed by atoms with Crippen molar-refractivity contribution in [2.75, 3.05) is 13.7 Å². The highest BCUT2D eigenvalue weighted by Gasteiger charge is 2.35. The van der Waals surface area contributed by atoms with Gasteiger partial charge in [0.1, 0.15) is 23.9 Å². The first kappa shape index (κ1) is 27.4. The molecule has 2 amide bonds. The van der Waals surface area contributed by atoms with Gasteiger partial charge in [0, 0.05) is 0 Å². The SMILES string of the molecule is COC(=O)OC(C)/C(=C/C(C)C)C(=O)N(CC(=O)OC(C)(C)C)C(=O)OC(C)(C)C. The molecule has 30 heavy (non-hydrogen) atoms. The molecule has 172 valence electrons. The molecule has 0 aromatic carbocycles. The number of methoxy groups -OCH3 is 1. The first-order chi connectivity index (χ1) is 13.5. The summed E-state index contributed by atoms with van der Waals surface area (Å²) in [5.74, 6) is -1.73. The Bertz CT molecular complexity index is 667. The molecule has 0 aromatic rings. The molecule has 0 saturated heterocycles. The molecule has 0 bridgehead atoms. The number of nitrogens with zero attached hydrogens (tertiary/aromatic N) is 1. The Morgan fingerprint density at radius 3 is 1.80 bits per heavy atom. The second-order valence-corrected chi connectivity index (χ2v) is 9.04. The molecule has 0 saturated carbocycles. The van der Waals surface area contributed by atoms with Crippen molar-refractivity contribution in [3.05, 3.63) is 11.6 Å². The van der Waals surface area contributed by atoms with Gasteiger partial charge in [0.05, 0.1) is 12.7 Å². The lowest BCUT2D eigenvalue weighted by molar-refractivity contribution is -0.158. The number of hydrogen-bond acceptors (Lipinski definition) is 8. The second kappa shape index (κ2) is 11.0. The Morgan fingerprint density at radius 1 is 0.900 bits per heavy atom. The van der Waals surface area contributed by atoms with Gasteiger partial charge in [-0.3, -0.25) is 9.59 Å².